The lowest BCUT2D eigenvalue weighted by Gasteiger charge is -2.19. The fraction of sp³-hybridized carbons (Fsp3) is 0.300. The van der Waals surface area contributed by atoms with Gasteiger partial charge in [-0.3, -0.25) is 23.5 Å². The molecule has 11 heteroatoms. The van der Waals surface area contributed by atoms with Crippen LogP contribution in [0.25, 0.3) is 22.4 Å². The molecule has 0 bridgehead atoms. The van der Waals surface area contributed by atoms with Crippen LogP contribution in [0.4, 0.5) is 0 Å². The zero-order valence-corrected chi connectivity index (χ0v) is 19.1. The normalized spacial score (nSPS) is 12.1. The molecule has 1 aromatic carbocycles. The van der Waals surface area contributed by atoms with Gasteiger partial charge in [-0.25, -0.2) is 14.8 Å². The van der Waals surface area contributed by atoms with Crippen molar-refractivity contribution < 1.29 is 9.59 Å². The van der Waals surface area contributed by atoms with Crippen LogP contribution in [-0.2, 0) is 23.7 Å². The number of rotatable bonds is 5. The van der Waals surface area contributed by atoms with Crippen LogP contribution < -0.4 is 11.2 Å². The van der Waals surface area contributed by atoms with Crippen LogP contribution in [0.2, 0.25) is 5.02 Å². The highest BCUT2D eigenvalue weighted by atomic mass is 35.5. The second kappa shape index (κ2) is 8.64. The van der Waals surface area contributed by atoms with Crippen LogP contribution in [0.1, 0.15) is 6.92 Å². The van der Waals surface area contributed by atoms with Gasteiger partial charge in [-0.05, 0) is 19.1 Å². The minimum atomic E-state index is -1.12. The maximum absolute atomic E-state index is 12.9. The average Bonchev–Trinajstić information content (AvgIpc) is 2.73. The van der Waals surface area contributed by atoms with Gasteiger partial charge in [0.15, 0.2) is 17.3 Å². The van der Waals surface area contributed by atoms with Gasteiger partial charge in [-0.15, -0.1) is 0 Å². The third-order valence-corrected chi connectivity index (χ3v) is 6.26. The van der Waals surface area contributed by atoms with Crippen LogP contribution in [0.3, 0.4) is 0 Å². The molecule has 0 aliphatic heterocycles. The fourth-order valence-corrected chi connectivity index (χ4v) is 4.29. The number of hydrogen-bond acceptors (Lipinski definition) is 7. The Hall–Kier alpha value is -2.98. The molecule has 0 saturated heterocycles. The smallest absolute Gasteiger partial charge is 0.332 e. The van der Waals surface area contributed by atoms with E-state index >= 15 is 0 Å². The lowest BCUT2D eigenvalue weighted by atomic mass is 10.2. The van der Waals surface area contributed by atoms with Gasteiger partial charge in [-0.1, -0.05) is 35.5 Å². The molecular formula is C20H20ClN5O4S. The fourth-order valence-electron chi connectivity index (χ4n) is 2.93. The number of benzene rings is 1. The van der Waals surface area contributed by atoms with Crippen LogP contribution in [-0.4, -0.2) is 55.0 Å². The zero-order valence-electron chi connectivity index (χ0n) is 17.5. The molecule has 3 aromatic rings. The number of thioether (sulfide) groups is 1. The number of hydrogen-bond donors (Lipinski definition) is 0. The first-order valence-corrected chi connectivity index (χ1v) is 10.4. The van der Waals surface area contributed by atoms with Crippen LogP contribution >= 0.6 is 23.4 Å². The van der Waals surface area contributed by atoms with E-state index in [1.54, 1.807) is 24.3 Å². The number of nitrogens with zero attached hydrogens (tertiary/aromatic N) is 5. The van der Waals surface area contributed by atoms with Gasteiger partial charge in [0.05, 0.1) is 5.02 Å². The summed E-state index contributed by atoms with van der Waals surface area (Å²) in [5.74, 6) is -0.662. The largest absolute Gasteiger partial charge is 0.347 e. The number of Topliss-reactive ketones (excluding diaryl/α,β-unsaturated/α-hetero) is 1. The molecule has 0 spiro atoms. The highest BCUT2D eigenvalue weighted by molar-refractivity contribution is 8.01. The summed E-state index contributed by atoms with van der Waals surface area (Å²) in [5, 5.41) is -0.581. The summed E-state index contributed by atoms with van der Waals surface area (Å²) in [6, 6.07) is 6.85. The average molecular weight is 462 g/mol. The maximum Gasteiger partial charge on any atom is 0.332 e. The SMILES string of the molecule is CC(=O)[C@H](Sc1nc(-c2ccccc2Cl)nc2c1c(=O)n(C)c(=O)n2C)C(=O)N(C)C. The molecule has 9 nitrogen and oxygen atoms in total. The van der Waals surface area contributed by atoms with Gasteiger partial charge in [0.2, 0.25) is 5.91 Å². The third-order valence-electron chi connectivity index (χ3n) is 4.65. The minimum Gasteiger partial charge on any atom is -0.347 e. The van der Waals surface area contributed by atoms with Gasteiger partial charge in [0.1, 0.15) is 15.7 Å². The highest BCUT2D eigenvalue weighted by Crippen LogP contribution is 2.32. The highest BCUT2D eigenvalue weighted by Gasteiger charge is 2.29. The molecule has 162 valence electrons. The van der Waals surface area contributed by atoms with Crippen molar-refractivity contribution in [1.82, 2.24) is 24.0 Å². The zero-order chi connectivity index (χ0) is 23.0. The Kier molecular flexibility index (Phi) is 6.33. The van der Waals surface area contributed by atoms with E-state index in [4.69, 9.17) is 11.6 Å². The quantitative estimate of drug-likeness (QED) is 0.322. The van der Waals surface area contributed by atoms with Crippen molar-refractivity contribution in [1.29, 1.82) is 0 Å². The summed E-state index contributed by atoms with van der Waals surface area (Å²) in [6.07, 6.45) is 0. The summed E-state index contributed by atoms with van der Waals surface area (Å²) >= 11 is 7.15. The molecule has 1 amide bonds. The Labute approximate surface area is 186 Å². The van der Waals surface area contributed by atoms with E-state index < -0.39 is 28.2 Å². The number of halogens is 1. The lowest BCUT2D eigenvalue weighted by Crippen LogP contribution is -2.38. The number of aryl methyl sites for hydroxylation is 1. The predicted molar refractivity (Wildman–Crippen MR) is 119 cm³/mol. The number of fused-ring (bicyclic) bond motifs is 1. The Balaban J connectivity index is 2.39. The number of ketones is 1. The summed E-state index contributed by atoms with van der Waals surface area (Å²) in [7, 11) is 5.90. The maximum atomic E-state index is 12.9. The van der Waals surface area contributed by atoms with Crippen LogP contribution in [0.15, 0.2) is 38.9 Å². The van der Waals surface area contributed by atoms with Crippen molar-refractivity contribution in [3.05, 3.63) is 50.1 Å². The molecule has 2 aromatic heterocycles. The topological polar surface area (TPSA) is 107 Å². The van der Waals surface area contributed by atoms with Crippen molar-refractivity contribution in [2.45, 2.75) is 17.2 Å². The van der Waals surface area contributed by atoms with E-state index in [9.17, 15) is 19.2 Å². The molecule has 0 unspecified atom stereocenters. The number of carbonyl (C=O) groups is 2. The molecule has 0 saturated carbocycles. The first kappa shape index (κ1) is 22.7. The van der Waals surface area contributed by atoms with Gasteiger partial charge in [0, 0.05) is 33.8 Å². The monoisotopic (exact) mass is 461 g/mol. The molecule has 1 atom stereocenters. The van der Waals surface area contributed by atoms with E-state index in [0.29, 0.717) is 10.6 Å². The second-order valence-corrected chi connectivity index (χ2v) is 8.58. The first-order chi connectivity index (χ1) is 14.5. The van der Waals surface area contributed by atoms with Crippen molar-refractivity contribution in [2.75, 3.05) is 14.1 Å². The molecule has 0 N–H and O–H groups in total. The molecule has 0 fully saturated rings. The third kappa shape index (κ3) is 4.13. The molecule has 0 aliphatic rings. The van der Waals surface area contributed by atoms with Crippen molar-refractivity contribution in [2.24, 2.45) is 14.1 Å². The van der Waals surface area contributed by atoms with Crippen molar-refractivity contribution in [3.8, 4) is 11.4 Å². The first-order valence-electron chi connectivity index (χ1n) is 9.15. The number of amides is 1. The van der Waals surface area contributed by atoms with E-state index in [-0.39, 0.29) is 21.9 Å². The van der Waals surface area contributed by atoms with E-state index in [1.807, 2.05) is 0 Å². The van der Waals surface area contributed by atoms with Crippen LogP contribution in [0.5, 0.6) is 0 Å². The van der Waals surface area contributed by atoms with Gasteiger partial charge in [0.25, 0.3) is 5.56 Å². The van der Waals surface area contributed by atoms with Gasteiger partial charge < -0.3 is 4.90 Å². The standard InChI is InChI=1S/C20H20ClN5O4S/c1-10(27)14(19(29)24(2)3)31-17-13-16(25(4)20(30)26(5)18(13)28)22-15(23-17)11-8-6-7-9-12(11)21/h6-9,14H,1-5H3/t14-/m0/s1. The molecule has 31 heavy (non-hydrogen) atoms. The predicted octanol–water partition coefficient (Wildman–Crippen LogP) is 1.49. The van der Waals surface area contributed by atoms with E-state index in [1.165, 1.54) is 44.6 Å². The summed E-state index contributed by atoms with van der Waals surface area (Å²) in [6.45, 7) is 1.30. The van der Waals surface area contributed by atoms with E-state index in [2.05, 4.69) is 9.97 Å². The second-order valence-electron chi connectivity index (χ2n) is 7.08. The molecule has 2 heterocycles. The van der Waals surface area contributed by atoms with Gasteiger partial charge in [-0.2, -0.15) is 0 Å². The molecule has 3 rings (SSSR count). The Morgan fingerprint density at radius 1 is 1.10 bits per heavy atom. The van der Waals surface area contributed by atoms with Crippen LogP contribution in [0, 0.1) is 0 Å². The molecular weight excluding hydrogens is 442 g/mol. The number of carbonyl (C=O) groups excluding carboxylic acids is 2. The lowest BCUT2D eigenvalue weighted by molar-refractivity contribution is -0.132. The summed E-state index contributed by atoms with van der Waals surface area (Å²) in [4.78, 5) is 60.4. The van der Waals surface area contributed by atoms with E-state index in [0.717, 1.165) is 16.3 Å². The Bertz CT molecular complexity index is 1330. The number of aromatic nitrogens is 4. The minimum absolute atomic E-state index is 0.0446. The summed E-state index contributed by atoms with van der Waals surface area (Å²) < 4.78 is 2.15. The molecule has 0 aliphatic carbocycles. The van der Waals surface area contributed by atoms with Crippen molar-refractivity contribution in [3.63, 3.8) is 0 Å². The Morgan fingerprint density at radius 3 is 2.32 bits per heavy atom. The Morgan fingerprint density at radius 2 is 1.74 bits per heavy atom. The summed E-state index contributed by atoms with van der Waals surface area (Å²) in [5.41, 5.74) is -0.616. The molecule has 0 radical (unpaired) electrons. The van der Waals surface area contributed by atoms with Crippen molar-refractivity contribution >= 4 is 46.1 Å². The van der Waals surface area contributed by atoms with Gasteiger partial charge >= 0.3 is 5.69 Å².